The number of fused-ring (bicyclic) bond motifs is 2. The molecule has 2 aromatic heterocycles. The smallest absolute Gasteiger partial charge is 0.416 e. The molecule has 0 radical (unpaired) electrons. The van der Waals surface area contributed by atoms with Crippen LogP contribution >= 0.6 is 0 Å². The number of benzene rings is 1. The van der Waals surface area contributed by atoms with Crippen molar-refractivity contribution in [1.82, 2.24) is 19.4 Å². The van der Waals surface area contributed by atoms with E-state index in [2.05, 4.69) is 9.88 Å². The second-order valence-corrected chi connectivity index (χ2v) is 8.66. The van der Waals surface area contributed by atoms with Crippen molar-refractivity contribution < 1.29 is 22.8 Å². The van der Waals surface area contributed by atoms with Crippen molar-refractivity contribution in [2.75, 3.05) is 13.1 Å². The Kier molecular flexibility index (Phi) is 4.89. The standard InChI is InChI=1S/C22H20F3N5O3/c1-21(13-29-11-19(30(31)32)27-20(29)33-21)12-28-9-8-18-15(10-28)4-7-17(26-18)14-2-5-16(6-3-14)22(23,24)25/h2-7,11H,8-10,12-13H2,1H3/t21-/m0/s1. The lowest BCUT2D eigenvalue weighted by Crippen LogP contribution is -2.46. The fourth-order valence-electron chi connectivity index (χ4n) is 4.44. The van der Waals surface area contributed by atoms with Crippen LogP contribution in [0.3, 0.4) is 0 Å². The predicted octanol–water partition coefficient (Wildman–Crippen LogP) is 4.08. The number of hydrogen-bond donors (Lipinski definition) is 0. The highest BCUT2D eigenvalue weighted by molar-refractivity contribution is 5.60. The maximum atomic E-state index is 12.8. The summed E-state index contributed by atoms with van der Waals surface area (Å²) in [6, 6.07) is 9.07. The van der Waals surface area contributed by atoms with Crippen molar-refractivity contribution in [2.45, 2.75) is 38.2 Å². The Morgan fingerprint density at radius 2 is 1.94 bits per heavy atom. The molecule has 0 saturated carbocycles. The van der Waals surface area contributed by atoms with Crippen LogP contribution in [0.2, 0.25) is 0 Å². The first-order valence-electron chi connectivity index (χ1n) is 10.4. The molecule has 172 valence electrons. The Labute approximate surface area is 186 Å². The summed E-state index contributed by atoms with van der Waals surface area (Å²) in [5.41, 5.74) is 2.05. The fourth-order valence-corrected chi connectivity index (χ4v) is 4.44. The van der Waals surface area contributed by atoms with Gasteiger partial charge in [-0.05, 0) is 35.6 Å². The van der Waals surface area contributed by atoms with Crippen LogP contribution in [0, 0.1) is 10.1 Å². The van der Waals surface area contributed by atoms with Gasteiger partial charge >= 0.3 is 18.0 Å². The molecule has 2 aliphatic rings. The summed E-state index contributed by atoms with van der Waals surface area (Å²) in [5, 5.41) is 10.9. The molecule has 11 heteroatoms. The summed E-state index contributed by atoms with van der Waals surface area (Å²) in [6.45, 7) is 4.45. The molecule has 0 spiro atoms. The molecule has 3 aromatic rings. The first-order valence-corrected chi connectivity index (χ1v) is 10.4. The van der Waals surface area contributed by atoms with Gasteiger partial charge in [0.2, 0.25) is 0 Å². The summed E-state index contributed by atoms with van der Waals surface area (Å²) in [6.07, 6.45) is -2.27. The molecular formula is C22H20F3N5O3. The van der Waals surface area contributed by atoms with Gasteiger partial charge in [0.05, 0.1) is 17.8 Å². The second-order valence-electron chi connectivity index (χ2n) is 8.66. The Morgan fingerprint density at radius 3 is 2.61 bits per heavy atom. The minimum atomic E-state index is -4.36. The molecule has 8 nitrogen and oxygen atoms in total. The fraction of sp³-hybridized carbons (Fsp3) is 0.364. The van der Waals surface area contributed by atoms with E-state index in [-0.39, 0.29) is 11.8 Å². The van der Waals surface area contributed by atoms with Gasteiger partial charge < -0.3 is 14.9 Å². The highest BCUT2D eigenvalue weighted by atomic mass is 19.4. The molecule has 0 N–H and O–H groups in total. The number of aromatic nitrogens is 3. The zero-order valence-electron chi connectivity index (χ0n) is 17.7. The largest absolute Gasteiger partial charge is 0.436 e. The average Bonchev–Trinajstić information content (AvgIpc) is 3.28. The van der Waals surface area contributed by atoms with E-state index >= 15 is 0 Å². The van der Waals surface area contributed by atoms with E-state index in [1.54, 1.807) is 4.57 Å². The average molecular weight is 459 g/mol. The molecule has 4 heterocycles. The highest BCUT2D eigenvalue weighted by Gasteiger charge is 2.42. The number of ether oxygens (including phenoxy) is 1. The van der Waals surface area contributed by atoms with Gasteiger partial charge in [-0.1, -0.05) is 18.2 Å². The molecule has 0 aliphatic carbocycles. The van der Waals surface area contributed by atoms with Crippen molar-refractivity contribution in [3.05, 3.63) is 69.5 Å². The lowest BCUT2D eigenvalue weighted by Gasteiger charge is -2.34. The molecule has 0 unspecified atom stereocenters. The minimum absolute atomic E-state index is 0.228. The third-order valence-electron chi connectivity index (χ3n) is 5.95. The molecule has 0 saturated heterocycles. The summed E-state index contributed by atoms with van der Waals surface area (Å²) in [5.74, 6) is -0.228. The zero-order chi connectivity index (χ0) is 23.4. The van der Waals surface area contributed by atoms with E-state index < -0.39 is 22.3 Å². The van der Waals surface area contributed by atoms with E-state index in [4.69, 9.17) is 9.72 Å². The van der Waals surface area contributed by atoms with Crippen LogP contribution in [-0.4, -0.2) is 43.0 Å². The third kappa shape index (κ3) is 4.15. The number of nitrogens with zero attached hydrogens (tertiary/aromatic N) is 5. The minimum Gasteiger partial charge on any atom is -0.436 e. The van der Waals surface area contributed by atoms with E-state index in [0.717, 1.165) is 29.9 Å². The van der Waals surface area contributed by atoms with E-state index in [1.165, 1.54) is 18.3 Å². The monoisotopic (exact) mass is 459 g/mol. The lowest BCUT2D eigenvalue weighted by molar-refractivity contribution is -0.389. The van der Waals surface area contributed by atoms with Gasteiger partial charge in [-0.3, -0.25) is 14.5 Å². The molecule has 2 aliphatic heterocycles. The van der Waals surface area contributed by atoms with Crippen LogP contribution in [0.25, 0.3) is 11.3 Å². The maximum Gasteiger partial charge on any atom is 0.416 e. The first kappa shape index (κ1) is 21.4. The normalized spacial score (nSPS) is 20.2. The topological polar surface area (TPSA) is 86.3 Å². The lowest BCUT2D eigenvalue weighted by atomic mass is 10.00. The van der Waals surface area contributed by atoms with Crippen molar-refractivity contribution >= 4 is 5.82 Å². The predicted molar refractivity (Wildman–Crippen MR) is 112 cm³/mol. The Balaban J connectivity index is 1.26. The van der Waals surface area contributed by atoms with Gasteiger partial charge in [-0.25, -0.2) is 0 Å². The Morgan fingerprint density at radius 1 is 1.18 bits per heavy atom. The van der Waals surface area contributed by atoms with Gasteiger partial charge in [0.25, 0.3) is 0 Å². The number of imidazole rings is 1. The Hall–Kier alpha value is -3.47. The molecule has 0 fully saturated rings. The molecule has 1 atom stereocenters. The summed E-state index contributed by atoms with van der Waals surface area (Å²) < 4.78 is 46.0. The van der Waals surface area contributed by atoms with Gasteiger partial charge in [0.1, 0.15) is 11.8 Å². The summed E-state index contributed by atoms with van der Waals surface area (Å²) in [7, 11) is 0. The van der Waals surface area contributed by atoms with Crippen LogP contribution in [0.5, 0.6) is 6.01 Å². The number of hydrogen-bond acceptors (Lipinski definition) is 6. The first-order chi connectivity index (χ1) is 15.6. The van der Waals surface area contributed by atoms with Crippen LogP contribution in [0.4, 0.5) is 19.0 Å². The maximum absolute atomic E-state index is 12.8. The van der Waals surface area contributed by atoms with Crippen LogP contribution in [0.15, 0.2) is 42.6 Å². The summed E-state index contributed by atoms with van der Waals surface area (Å²) in [4.78, 5) is 21.2. The molecule has 0 bridgehead atoms. The number of halogens is 3. The number of rotatable bonds is 4. The zero-order valence-corrected chi connectivity index (χ0v) is 17.7. The molecule has 0 amide bonds. The van der Waals surface area contributed by atoms with E-state index in [1.807, 2.05) is 19.1 Å². The van der Waals surface area contributed by atoms with Crippen molar-refractivity contribution in [3.8, 4) is 17.3 Å². The number of pyridine rings is 1. The van der Waals surface area contributed by atoms with Gasteiger partial charge in [0.15, 0.2) is 0 Å². The van der Waals surface area contributed by atoms with Crippen molar-refractivity contribution in [3.63, 3.8) is 0 Å². The van der Waals surface area contributed by atoms with Gasteiger partial charge in [-0.2, -0.15) is 13.2 Å². The van der Waals surface area contributed by atoms with Crippen molar-refractivity contribution in [1.29, 1.82) is 0 Å². The summed E-state index contributed by atoms with van der Waals surface area (Å²) >= 11 is 0. The number of alkyl halides is 3. The number of nitro groups is 1. The SMILES string of the molecule is C[C@]1(CN2CCc3nc(-c4ccc(C(F)(F)F)cc4)ccc3C2)Cn2cc([N+](=O)[O-])nc2O1. The Bertz CT molecular complexity index is 1200. The molecule has 5 rings (SSSR count). The molecule has 1 aromatic carbocycles. The van der Waals surface area contributed by atoms with Gasteiger partial charge in [-0.15, -0.1) is 0 Å². The van der Waals surface area contributed by atoms with Crippen LogP contribution < -0.4 is 4.74 Å². The van der Waals surface area contributed by atoms with Crippen molar-refractivity contribution in [2.24, 2.45) is 0 Å². The van der Waals surface area contributed by atoms with E-state index in [9.17, 15) is 23.3 Å². The highest BCUT2D eigenvalue weighted by Crippen LogP contribution is 2.33. The molecular weight excluding hydrogens is 439 g/mol. The third-order valence-corrected chi connectivity index (χ3v) is 5.95. The van der Waals surface area contributed by atoms with Gasteiger partial charge in [0, 0.05) is 42.3 Å². The van der Waals surface area contributed by atoms with Crippen LogP contribution in [-0.2, 0) is 25.7 Å². The van der Waals surface area contributed by atoms with E-state index in [0.29, 0.717) is 37.3 Å². The quantitative estimate of drug-likeness (QED) is 0.432. The molecule has 33 heavy (non-hydrogen) atoms. The second kappa shape index (κ2) is 7.55. The van der Waals surface area contributed by atoms with Crippen LogP contribution in [0.1, 0.15) is 23.7 Å².